The van der Waals surface area contributed by atoms with Crippen LogP contribution in [0.25, 0.3) is 16.8 Å². The summed E-state index contributed by atoms with van der Waals surface area (Å²) in [6.07, 6.45) is 0.659. The van der Waals surface area contributed by atoms with E-state index < -0.39 is 0 Å². The molecule has 3 rings (SSSR count). The predicted molar refractivity (Wildman–Crippen MR) is 101 cm³/mol. The summed E-state index contributed by atoms with van der Waals surface area (Å²) in [5.74, 6) is 0. The molecule has 1 saturated heterocycles. The van der Waals surface area contributed by atoms with Gasteiger partial charge in [-0.2, -0.15) is 5.56 Å². The van der Waals surface area contributed by atoms with Crippen molar-refractivity contribution < 1.29 is 41.1 Å². The van der Waals surface area contributed by atoms with Gasteiger partial charge in [0.2, 0.25) is 0 Å². The number of oxime groups is 1. The van der Waals surface area contributed by atoms with Gasteiger partial charge < -0.3 is 14.8 Å². The van der Waals surface area contributed by atoms with Gasteiger partial charge in [-0.3, -0.25) is 6.58 Å². The summed E-state index contributed by atoms with van der Waals surface area (Å²) in [7, 11) is 1.53. The summed E-state index contributed by atoms with van der Waals surface area (Å²) >= 11 is 0. The van der Waals surface area contributed by atoms with Crippen molar-refractivity contribution in [2.24, 2.45) is 5.16 Å². The maximum absolute atomic E-state index is 9.64. The van der Waals surface area contributed by atoms with Crippen LogP contribution in [0.1, 0.15) is 17.5 Å². The first-order chi connectivity index (χ1) is 12.1. The second-order valence-electron chi connectivity index (χ2n) is 6.29. The smallest absolute Gasteiger partial charge is 0.106 e. The van der Waals surface area contributed by atoms with Gasteiger partial charge in [0.25, 0.3) is 0 Å². The summed E-state index contributed by atoms with van der Waals surface area (Å²) in [4.78, 5) is 6.84. The van der Waals surface area contributed by atoms with E-state index in [2.05, 4.69) is 36.3 Å². The van der Waals surface area contributed by atoms with Gasteiger partial charge in [0.05, 0.1) is 24.9 Å². The monoisotopic (exact) mass is 573 g/mol. The molecule has 1 aliphatic heterocycles. The van der Waals surface area contributed by atoms with Crippen LogP contribution in [0.2, 0.25) is 0 Å². The van der Waals surface area contributed by atoms with Crippen LogP contribution in [0.15, 0.2) is 53.7 Å². The van der Waals surface area contributed by atoms with Crippen LogP contribution in [0.3, 0.4) is 0 Å². The zero-order valence-electron chi connectivity index (χ0n) is 15.1. The molecule has 2 aromatic rings. The van der Waals surface area contributed by atoms with Crippen molar-refractivity contribution in [3.05, 3.63) is 66.2 Å². The number of likely N-dealkylation sites (tertiary alicyclic amines) is 1. The number of benzene rings is 2. The van der Waals surface area contributed by atoms with Gasteiger partial charge in [0, 0.05) is 37.5 Å². The molecule has 1 fully saturated rings. The first-order valence-electron chi connectivity index (χ1n) is 8.39. The van der Waals surface area contributed by atoms with Gasteiger partial charge in [-0.15, -0.1) is 17.8 Å². The van der Waals surface area contributed by atoms with Gasteiger partial charge in [0.1, 0.15) is 7.11 Å². The fourth-order valence-corrected chi connectivity index (χ4v) is 3.30. The normalized spacial score (nSPS) is 17.9. The summed E-state index contributed by atoms with van der Waals surface area (Å²) in [6, 6.07) is 16.5. The maximum Gasteiger partial charge on any atom is 0.106 e. The van der Waals surface area contributed by atoms with Crippen molar-refractivity contribution in [2.75, 3.05) is 20.3 Å². The fourth-order valence-electron chi connectivity index (χ4n) is 3.30. The number of aliphatic hydroxyl groups excluding tert-OH is 1. The van der Waals surface area contributed by atoms with E-state index >= 15 is 0 Å². The molecule has 26 heavy (non-hydrogen) atoms. The minimum atomic E-state index is -0.0649. The SMILES string of the molecule is [CH-]=C(c1ccc(-c2ccccc2C)cc1)N1C/C(=N\OC)C[C@H]1CO.[U]. The number of hydrogen-bond donors (Lipinski definition) is 1. The molecule has 0 unspecified atom stereocenters. The van der Waals surface area contributed by atoms with Gasteiger partial charge in [0.15, 0.2) is 0 Å². The molecule has 0 bridgehead atoms. The Kier molecular flexibility index (Phi) is 7.52. The molecule has 1 N–H and O–H groups in total. The first kappa shape index (κ1) is 20.8. The van der Waals surface area contributed by atoms with Gasteiger partial charge in [-0.1, -0.05) is 41.6 Å². The molecule has 5 heteroatoms. The van der Waals surface area contributed by atoms with Crippen molar-refractivity contribution >= 4 is 11.4 Å². The third-order valence-corrected chi connectivity index (χ3v) is 4.64. The van der Waals surface area contributed by atoms with E-state index in [-0.39, 0.29) is 43.8 Å². The Labute approximate surface area is 178 Å². The standard InChI is InChI=1S/C21H23N2O2.U/c1-15-6-4-5-7-21(15)18-10-8-17(9-11-18)16(2)23-13-19(22-25-3)12-20(23)14-24;/h2,4-11,20,24H,12-14H2,1,3H3;/q-1;/b22-19-;/t20-;/m0./s1. The first-order valence-corrected chi connectivity index (χ1v) is 8.39. The second kappa shape index (κ2) is 9.41. The Balaban J connectivity index is 0.00000243. The van der Waals surface area contributed by atoms with Gasteiger partial charge in [-0.05, 0) is 23.6 Å². The van der Waals surface area contributed by atoms with Crippen molar-refractivity contribution in [3.8, 4) is 11.1 Å². The Morgan fingerprint density at radius 2 is 1.92 bits per heavy atom. The molecule has 0 radical (unpaired) electrons. The molecule has 134 valence electrons. The van der Waals surface area contributed by atoms with Crippen molar-refractivity contribution in [2.45, 2.75) is 19.4 Å². The van der Waals surface area contributed by atoms with Crippen LogP contribution in [-0.2, 0) is 4.84 Å². The molecule has 0 spiro atoms. The summed E-state index contributed by atoms with van der Waals surface area (Å²) < 4.78 is 0. The molecule has 0 amide bonds. The zero-order valence-corrected chi connectivity index (χ0v) is 19.3. The maximum atomic E-state index is 9.64. The summed E-state index contributed by atoms with van der Waals surface area (Å²) in [5, 5.41) is 13.6. The van der Waals surface area contributed by atoms with Crippen molar-refractivity contribution in [1.82, 2.24) is 4.90 Å². The molecule has 1 heterocycles. The van der Waals surface area contributed by atoms with Crippen molar-refractivity contribution in [3.63, 3.8) is 0 Å². The largest absolute Gasteiger partial charge is 0.399 e. The van der Waals surface area contributed by atoms with Crippen LogP contribution < -0.4 is 0 Å². The second-order valence-corrected chi connectivity index (χ2v) is 6.29. The predicted octanol–water partition coefficient (Wildman–Crippen LogP) is 3.50. The molecule has 4 nitrogen and oxygen atoms in total. The third kappa shape index (κ3) is 4.41. The molecule has 0 saturated carbocycles. The fraction of sp³-hybridized carbons (Fsp3) is 0.286. The Hall–Kier alpha value is -1.54. The van der Waals surface area contributed by atoms with E-state index in [1.54, 1.807) is 0 Å². The molecular weight excluding hydrogens is 550 g/mol. The molecule has 0 aliphatic carbocycles. The Morgan fingerprint density at radius 1 is 1.23 bits per heavy atom. The van der Waals surface area contributed by atoms with E-state index in [0.29, 0.717) is 18.7 Å². The molecule has 0 aromatic heterocycles. The van der Waals surface area contributed by atoms with E-state index in [9.17, 15) is 5.11 Å². The van der Waals surface area contributed by atoms with Crippen LogP contribution in [0, 0.1) is 44.6 Å². The topological polar surface area (TPSA) is 45.1 Å². The Morgan fingerprint density at radius 3 is 2.54 bits per heavy atom. The quantitative estimate of drug-likeness (QED) is 0.440. The van der Waals surface area contributed by atoms with Gasteiger partial charge >= 0.3 is 0 Å². The minimum Gasteiger partial charge on any atom is -0.399 e. The van der Waals surface area contributed by atoms with Crippen LogP contribution >= 0.6 is 0 Å². The van der Waals surface area contributed by atoms with E-state index in [1.807, 2.05) is 29.2 Å². The third-order valence-electron chi connectivity index (χ3n) is 4.64. The summed E-state index contributed by atoms with van der Waals surface area (Å²) in [5.41, 5.74) is 6.10. The van der Waals surface area contributed by atoms with E-state index in [0.717, 1.165) is 16.8 Å². The Bertz CT molecular complexity index is 787. The van der Waals surface area contributed by atoms with Crippen LogP contribution in [0.4, 0.5) is 0 Å². The average molecular weight is 573 g/mol. The molecular formula is C21H23N2O2U-. The molecule has 1 atom stereocenters. The number of rotatable bonds is 5. The van der Waals surface area contributed by atoms with E-state index in [4.69, 9.17) is 11.4 Å². The van der Waals surface area contributed by atoms with E-state index in [1.165, 1.54) is 18.2 Å². The molecule has 1 aliphatic rings. The van der Waals surface area contributed by atoms with Crippen LogP contribution in [0.5, 0.6) is 0 Å². The van der Waals surface area contributed by atoms with Crippen molar-refractivity contribution in [1.29, 1.82) is 0 Å². The molecule has 2 aromatic carbocycles. The summed E-state index contributed by atoms with van der Waals surface area (Å²) in [6.45, 7) is 9.09. The number of hydrogen-bond acceptors (Lipinski definition) is 4. The zero-order chi connectivity index (χ0) is 17.8. The number of aliphatic hydroxyl groups is 1. The van der Waals surface area contributed by atoms with Gasteiger partial charge in [-0.25, -0.2) is 0 Å². The minimum absolute atomic E-state index is 0. The number of aryl methyl sites for hydroxylation is 1. The average Bonchev–Trinajstić information content (AvgIpc) is 3.05. The number of nitrogens with zero attached hydrogens (tertiary/aromatic N) is 2. The van der Waals surface area contributed by atoms with Crippen LogP contribution in [-0.4, -0.2) is 42.0 Å².